The van der Waals surface area contributed by atoms with E-state index < -0.39 is 5.97 Å². The van der Waals surface area contributed by atoms with Crippen LogP contribution in [0.3, 0.4) is 0 Å². The van der Waals surface area contributed by atoms with Gasteiger partial charge in [0.25, 0.3) is 0 Å². The third-order valence-corrected chi connectivity index (χ3v) is 2.51. The van der Waals surface area contributed by atoms with Crippen LogP contribution in [-0.4, -0.2) is 23.2 Å². The number of carboxylic acid groups (broad SMARTS) is 1. The van der Waals surface area contributed by atoms with Gasteiger partial charge in [-0.25, -0.2) is 9.78 Å². The Hall–Kier alpha value is -2.56. The fourth-order valence-corrected chi connectivity index (χ4v) is 1.65. The molecule has 0 spiro atoms. The predicted octanol–water partition coefficient (Wildman–Crippen LogP) is 2.04. The van der Waals surface area contributed by atoms with Gasteiger partial charge in [0.2, 0.25) is 0 Å². The van der Waals surface area contributed by atoms with Gasteiger partial charge in [0.1, 0.15) is 5.75 Å². The lowest BCUT2D eigenvalue weighted by Gasteiger charge is -2.09. The summed E-state index contributed by atoms with van der Waals surface area (Å²) in [6.45, 7) is 0. The highest BCUT2D eigenvalue weighted by Gasteiger charge is 2.13. The van der Waals surface area contributed by atoms with Crippen LogP contribution in [0.15, 0.2) is 36.4 Å². The highest BCUT2D eigenvalue weighted by Crippen LogP contribution is 2.29. The maximum absolute atomic E-state index is 11.0. The maximum Gasteiger partial charge on any atom is 0.356 e. The topological polar surface area (TPSA) is 85.4 Å². The highest BCUT2D eigenvalue weighted by molar-refractivity contribution is 5.92. The molecule has 1 heterocycles. The molecule has 2 rings (SSSR count). The lowest BCUT2D eigenvalue weighted by atomic mass is 10.1. The normalized spacial score (nSPS) is 10.1. The van der Waals surface area contributed by atoms with E-state index in [1.807, 2.05) is 18.2 Å². The molecule has 0 aliphatic rings. The molecule has 5 heteroatoms. The molecule has 3 N–H and O–H groups in total. The predicted molar refractivity (Wildman–Crippen MR) is 67.6 cm³/mol. The van der Waals surface area contributed by atoms with Crippen LogP contribution in [0.1, 0.15) is 10.5 Å². The summed E-state index contributed by atoms with van der Waals surface area (Å²) in [6.07, 6.45) is 0. The molecule has 1 aromatic carbocycles. The zero-order valence-corrected chi connectivity index (χ0v) is 9.75. The number of nitrogens with two attached hydrogens (primary N) is 1. The molecule has 5 nitrogen and oxygen atoms in total. The van der Waals surface area contributed by atoms with E-state index in [4.69, 9.17) is 15.6 Å². The Morgan fingerprint density at radius 2 is 2.00 bits per heavy atom. The molecule has 2 aromatic rings. The largest absolute Gasteiger partial charge is 0.496 e. The Morgan fingerprint density at radius 3 is 2.67 bits per heavy atom. The van der Waals surface area contributed by atoms with E-state index in [-0.39, 0.29) is 11.4 Å². The lowest BCUT2D eigenvalue weighted by Crippen LogP contribution is -2.06. The minimum atomic E-state index is -1.15. The summed E-state index contributed by atoms with van der Waals surface area (Å²) in [5, 5.41) is 8.99. The third kappa shape index (κ3) is 2.10. The highest BCUT2D eigenvalue weighted by atomic mass is 16.5. The second-order valence-electron chi connectivity index (χ2n) is 3.64. The van der Waals surface area contributed by atoms with E-state index in [0.29, 0.717) is 11.4 Å². The first-order valence-corrected chi connectivity index (χ1v) is 5.26. The number of carboxylic acids is 1. The standard InChI is InChI=1S/C13H12N2O3/c1-18-11-5-3-2-4-8(11)10-7-6-9(14)12(15-10)13(16)17/h2-7H,14H2,1H3,(H,16,17). The van der Waals surface area contributed by atoms with Gasteiger partial charge in [-0.15, -0.1) is 0 Å². The molecule has 18 heavy (non-hydrogen) atoms. The van der Waals surface area contributed by atoms with Crippen molar-refractivity contribution in [1.29, 1.82) is 0 Å². The van der Waals surface area contributed by atoms with Crippen LogP contribution in [0.25, 0.3) is 11.3 Å². The number of aromatic nitrogens is 1. The molecule has 92 valence electrons. The summed E-state index contributed by atoms with van der Waals surface area (Å²) in [5.41, 5.74) is 6.79. The number of nitrogens with zero attached hydrogens (tertiary/aromatic N) is 1. The van der Waals surface area contributed by atoms with Gasteiger partial charge in [-0.3, -0.25) is 0 Å². The van der Waals surface area contributed by atoms with Crippen LogP contribution < -0.4 is 10.5 Å². The van der Waals surface area contributed by atoms with Crippen molar-refractivity contribution in [2.24, 2.45) is 0 Å². The van der Waals surface area contributed by atoms with E-state index in [1.165, 1.54) is 6.07 Å². The number of aromatic carboxylic acids is 1. The Balaban J connectivity index is 2.58. The number of hydrogen-bond donors (Lipinski definition) is 2. The summed E-state index contributed by atoms with van der Waals surface area (Å²) in [4.78, 5) is 15.0. The quantitative estimate of drug-likeness (QED) is 0.862. The molecule has 0 unspecified atom stereocenters. The van der Waals surface area contributed by atoms with E-state index in [1.54, 1.807) is 19.2 Å². The maximum atomic E-state index is 11.0. The summed E-state index contributed by atoms with van der Waals surface area (Å²) in [5.74, 6) is -0.518. The molecule has 0 atom stereocenters. The Labute approximate surface area is 104 Å². The molecule has 0 saturated carbocycles. The van der Waals surface area contributed by atoms with Crippen molar-refractivity contribution in [3.63, 3.8) is 0 Å². The third-order valence-electron chi connectivity index (χ3n) is 2.51. The first-order chi connectivity index (χ1) is 8.63. The van der Waals surface area contributed by atoms with Crippen LogP contribution in [0.5, 0.6) is 5.75 Å². The van der Waals surface area contributed by atoms with Crippen molar-refractivity contribution < 1.29 is 14.6 Å². The van der Waals surface area contributed by atoms with Crippen LogP contribution in [0.4, 0.5) is 5.69 Å². The number of ether oxygens (including phenoxy) is 1. The molecule has 0 bridgehead atoms. The van der Waals surface area contributed by atoms with Gasteiger partial charge in [-0.2, -0.15) is 0 Å². The van der Waals surface area contributed by atoms with Gasteiger partial charge >= 0.3 is 5.97 Å². The number of nitrogen functional groups attached to an aromatic ring is 1. The fraction of sp³-hybridized carbons (Fsp3) is 0.0769. The van der Waals surface area contributed by atoms with E-state index in [9.17, 15) is 4.79 Å². The van der Waals surface area contributed by atoms with E-state index >= 15 is 0 Å². The average Bonchev–Trinajstić information content (AvgIpc) is 2.39. The minimum absolute atomic E-state index is 0.140. The first-order valence-electron chi connectivity index (χ1n) is 5.26. The second kappa shape index (κ2) is 4.75. The lowest BCUT2D eigenvalue weighted by molar-refractivity contribution is 0.0692. The van der Waals surface area contributed by atoms with Gasteiger partial charge < -0.3 is 15.6 Å². The van der Waals surface area contributed by atoms with Crippen molar-refractivity contribution in [2.75, 3.05) is 12.8 Å². The van der Waals surface area contributed by atoms with Crippen LogP contribution in [-0.2, 0) is 0 Å². The first kappa shape index (κ1) is 11.9. The number of pyridine rings is 1. The number of rotatable bonds is 3. The average molecular weight is 244 g/mol. The van der Waals surface area contributed by atoms with Gasteiger partial charge in [-0.1, -0.05) is 12.1 Å². The molecule has 0 saturated heterocycles. The molecular weight excluding hydrogens is 232 g/mol. The monoisotopic (exact) mass is 244 g/mol. The van der Waals surface area contributed by atoms with Crippen molar-refractivity contribution in [2.45, 2.75) is 0 Å². The zero-order valence-electron chi connectivity index (χ0n) is 9.75. The Morgan fingerprint density at radius 1 is 1.28 bits per heavy atom. The Kier molecular flexibility index (Phi) is 3.14. The van der Waals surface area contributed by atoms with Crippen molar-refractivity contribution in [3.8, 4) is 17.0 Å². The van der Waals surface area contributed by atoms with E-state index in [2.05, 4.69) is 4.98 Å². The number of anilines is 1. The Bertz CT molecular complexity index is 597. The smallest absolute Gasteiger partial charge is 0.356 e. The molecule has 0 aliphatic heterocycles. The molecule has 0 radical (unpaired) electrons. The molecular formula is C13H12N2O3. The number of benzene rings is 1. The number of para-hydroxylation sites is 1. The number of carbonyl (C=O) groups is 1. The molecule has 0 fully saturated rings. The fourth-order valence-electron chi connectivity index (χ4n) is 1.65. The summed E-state index contributed by atoms with van der Waals surface area (Å²) >= 11 is 0. The second-order valence-corrected chi connectivity index (χ2v) is 3.64. The van der Waals surface area contributed by atoms with Crippen LogP contribution in [0, 0.1) is 0 Å². The molecule has 0 aliphatic carbocycles. The molecule has 1 aromatic heterocycles. The molecule has 0 amide bonds. The number of hydrogen-bond acceptors (Lipinski definition) is 4. The minimum Gasteiger partial charge on any atom is -0.496 e. The van der Waals surface area contributed by atoms with Crippen molar-refractivity contribution >= 4 is 11.7 Å². The summed E-state index contributed by atoms with van der Waals surface area (Å²) in [7, 11) is 1.55. The number of methoxy groups -OCH3 is 1. The van der Waals surface area contributed by atoms with Crippen LogP contribution >= 0.6 is 0 Å². The zero-order chi connectivity index (χ0) is 13.1. The van der Waals surface area contributed by atoms with Gasteiger partial charge in [0, 0.05) is 5.56 Å². The van der Waals surface area contributed by atoms with Gasteiger partial charge in [0.15, 0.2) is 5.69 Å². The summed E-state index contributed by atoms with van der Waals surface area (Å²) < 4.78 is 5.21. The van der Waals surface area contributed by atoms with Crippen LogP contribution in [0.2, 0.25) is 0 Å². The SMILES string of the molecule is COc1ccccc1-c1ccc(N)c(C(=O)O)n1. The van der Waals surface area contributed by atoms with Crippen molar-refractivity contribution in [1.82, 2.24) is 4.98 Å². The van der Waals surface area contributed by atoms with E-state index in [0.717, 1.165) is 5.56 Å². The van der Waals surface area contributed by atoms with Gasteiger partial charge in [-0.05, 0) is 24.3 Å². The summed E-state index contributed by atoms with van der Waals surface area (Å²) in [6, 6.07) is 10.4. The van der Waals surface area contributed by atoms with Gasteiger partial charge in [0.05, 0.1) is 18.5 Å². The van der Waals surface area contributed by atoms with Crippen molar-refractivity contribution in [3.05, 3.63) is 42.1 Å².